The highest BCUT2D eigenvalue weighted by atomic mass is 15.6. The Morgan fingerprint density at radius 1 is 1.15 bits per heavy atom. The molecular weight excluding hydrogens is 252 g/mol. The first kappa shape index (κ1) is 12.5. The van der Waals surface area contributed by atoms with Crippen molar-refractivity contribution in [2.45, 2.75) is 25.8 Å². The molecule has 6 heteroatoms. The van der Waals surface area contributed by atoms with Crippen LogP contribution in [0.1, 0.15) is 18.9 Å². The van der Waals surface area contributed by atoms with Gasteiger partial charge in [0.05, 0.1) is 0 Å². The molecule has 0 saturated carbocycles. The molecule has 0 saturated heterocycles. The Morgan fingerprint density at radius 3 is 2.85 bits per heavy atom. The lowest BCUT2D eigenvalue weighted by Crippen LogP contribution is -2.17. The van der Waals surface area contributed by atoms with Gasteiger partial charge in [-0.15, -0.1) is 14.8 Å². The number of tetrazole rings is 1. The zero-order chi connectivity index (χ0) is 13.8. The van der Waals surface area contributed by atoms with Gasteiger partial charge in [-0.05, 0) is 47.9 Å². The van der Waals surface area contributed by atoms with Crippen LogP contribution in [0.15, 0.2) is 42.5 Å². The number of hydrogen-bond acceptors (Lipinski definition) is 5. The Morgan fingerprint density at radius 2 is 2.00 bits per heavy atom. The van der Waals surface area contributed by atoms with E-state index in [2.05, 4.69) is 57.1 Å². The third-order valence-electron chi connectivity index (χ3n) is 3.17. The summed E-state index contributed by atoms with van der Waals surface area (Å²) < 4.78 is 1.42. The molecule has 0 aliphatic rings. The summed E-state index contributed by atoms with van der Waals surface area (Å²) in [6.07, 6.45) is 2.08. The van der Waals surface area contributed by atoms with Crippen molar-refractivity contribution in [3.8, 4) is 0 Å². The second-order valence-electron chi connectivity index (χ2n) is 4.81. The summed E-state index contributed by atoms with van der Waals surface area (Å²) in [6, 6.07) is 14.6. The van der Waals surface area contributed by atoms with Gasteiger partial charge in [0.1, 0.15) is 5.82 Å². The van der Waals surface area contributed by atoms with Gasteiger partial charge >= 0.3 is 0 Å². The van der Waals surface area contributed by atoms with Crippen LogP contribution in [0, 0.1) is 0 Å². The molecule has 0 aliphatic heterocycles. The maximum absolute atomic E-state index is 4.30. The van der Waals surface area contributed by atoms with Crippen molar-refractivity contribution in [1.29, 1.82) is 0 Å². The molecule has 0 aliphatic carbocycles. The Hall–Kier alpha value is -2.50. The van der Waals surface area contributed by atoms with E-state index in [1.807, 2.05) is 18.2 Å². The zero-order valence-corrected chi connectivity index (χ0v) is 11.3. The Balaban J connectivity index is 1.59. The molecule has 0 spiro atoms. The molecule has 3 rings (SSSR count). The second kappa shape index (κ2) is 5.64. The summed E-state index contributed by atoms with van der Waals surface area (Å²) >= 11 is 0. The van der Waals surface area contributed by atoms with Crippen molar-refractivity contribution in [3.05, 3.63) is 48.0 Å². The van der Waals surface area contributed by atoms with Gasteiger partial charge in [0, 0.05) is 6.04 Å². The number of nitrogens with zero attached hydrogens (tertiary/aromatic N) is 5. The van der Waals surface area contributed by atoms with E-state index in [1.54, 1.807) is 0 Å². The summed E-state index contributed by atoms with van der Waals surface area (Å²) in [6.45, 7) is 2.15. The molecule has 0 fully saturated rings. The third kappa shape index (κ3) is 2.90. The van der Waals surface area contributed by atoms with Gasteiger partial charge in [-0.25, -0.2) is 0 Å². The van der Waals surface area contributed by atoms with Crippen LogP contribution in [-0.4, -0.2) is 31.3 Å². The number of benzene rings is 1. The molecule has 0 unspecified atom stereocenters. The number of fused-ring (bicyclic) bond motifs is 1. The number of nitrogens with one attached hydrogen (secondary N) is 1. The number of aromatic nitrogens is 5. The quantitative estimate of drug-likeness (QED) is 0.766. The number of rotatable bonds is 5. The maximum Gasteiger partial charge on any atom is 0.200 e. The van der Waals surface area contributed by atoms with E-state index in [0.29, 0.717) is 11.7 Å². The molecular formula is C14H16N6. The fourth-order valence-electron chi connectivity index (χ4n) is 2.08. The molecule has 1 aromatic carbocycles. The zero-order valence-electron chi connectivity index (χ0n) is 11.3. The first-order valence-electron chi connectivity index (χ1n) is 6.67. The smallest absolute Gasteiger partial charge is 0.200 e. The van der Waals surface area contributed by atoms with E-state index < -0.39 is 0 Å². The van der Waals surface area contributed by atoms with E-state index in [4.69, 9.17) is 0 Å². The highest BCUT2D eigenvalue weighted by Crippen LogP contribution is 2.10. The van der Waals surface area contributed by atoms with Crippen molar-refractivity contribution in [2.24, 2.45) is 0 Å². The molecule has 2 heterocycles. The van der Waals surface area contributed by atoms with Crippen LogP contribution >= 0.6 is 0 Å². The van der Waals surface area contributed by atoms with Crippen LogP contribution in [0.3, 0.4) is 0 Å². The van der Waals surface area contributed by atoms with Gasteiger partial charge in [0.25, 0.3) is 0 Å². The molecule has 1 atom stereocenters. The summed E-state index contributed by atoms with van der Waals surface area (Å²) in [5, 5.41) is 18.8. The van der Waals surface area contributed by atoms with Crippen LogP contribution < -0.4 is 5.32 Å². The van der Waals surface area contributed by atoms with Gasteiger partial charge in [0.2, 0.25) is 0 Å². The first-order valence-corrected chi connectivity index (χ1v) is 6.67. The molecule has 2 aromatic heterocycles. The normalized spacial score (nSPS) is 12.4. The molecule has 20 heavy (non-hydrogen) atoms. The molecule has 102 valence electrons. The van der Waals surface area contributed by atoms with Gasteiger partial charge in [-0.2, -0.15) is 0 Å². The lowest BCUT2D eigenvalue weighted by atomic mass is 10.1. The minimum Gasteiger partial charge on any atom is -0.366 e. The third-order valence-corrected chi connectivity index (χ3v) is 3.17. The van der Waals surface area contributed by atoms with E-state index in [9.17, 15) is 0 Å². The summed E-state index contributed by atoms with van der Waals surface area (Å²) in [4.78, 5) is 0. The van der Waals surface area contributed by atoms with Gasteiger partial charge in [0.15, 0.2) is 5.65 Å². The van der Waals surface area contributed by atoms with E-state index >= 15 is 0 Å². The van der Waals surface area contributed by atoms with Crippen molar-refractivity contribution in [3.63, 3.8) is 0 Å². The van der Waals surface area contributed by atoms with Crippen molar-refractivity contribution < 1.29 is 0 Å². The lowest BCUT2D eigenvalue weighted by molar-refractivity contribution is 0.687. The molecule has 0 radical (unpaired) electrons. The molecule has 1 N–H and O–H groups in total. The van der Waals surface area contributed by atoms with Crippen molar-refractivity contribution >= 4 is 11.5 Å². The monoisotopic (exact) mass is 268 g/mol. The molecule has 6 nitrogen and oxygen atoms in total. The van der Waals surface area contributed by atoms with Gasteiger partial charge < -0.3 is 5.32 Å². The molecule has 0 amide bonds. The van der Waals surface area contributed by atoms with Crippen molar-refractivity contribution in [2.75, 3.05) is 5.32 Å². The molecule has 3 aromatic rings. The Bertz CT molecular complexity index is 678. The fourth-order valence-corrected chi connectivity index (χ4v) is 2.08. The predicted molar refractivity (Wildman–Crippen MR) is 76.4 cm³/mol. The van der Waals surface area contributed by atoms with E-state index in [0.717, 1.165) is 18.7 Å². The van der Waals surface area contributed by atoms with Gasteiger partial charge in [-0.1, -0.05) is 30.3 Å². The van der Waals surface area contributed by atoms with Crippen LogP contribution in [0.5, 0.6) is 0 Å². The van der Waals surface area contributed by atoms with Crippen LogP contribution in [0.25, 0.3) is 5.65 Å². The number of aryl methyl sites for hydroxylation is 1. The van der Waals surface area contributed by atoms with E-state index in [-0.39, 0.29) is 0 Å². The molecule has 0 bridgehead atoms. The van der Waals surface area contributed by atoms with Crippen LogP contribution in [0.2, 0.25) is 0 Å². The number of anilines is 1. The highest BCUT2D eigenvalue weighted by Gasteiger charge is 2.05. The minimum absolute atomic E-state index is 0.330. The fraction of sp³-hybridized carbons (Fsp3) is 0.286. The highest BCUT2D eigenvalue weighted by molar-refractivity contribution is 5.42. The van der Waals surface area contributed by atoms with Crippen LogP contribution in [-0.2, 0) is 6.42 Å². The summed E-state index contributed by atoms with van der Waals surface area (Å²) in [5.74, 6) is 0.783. The Labute approximate surface area is 116 Å². The van der Waals surface area contributed by atoms with E-state index in [1.165, 1.54) is 10.2 Å². The topological polar surface area (TPSA) is 68.0 Å². The summed E-state index contributed by atoms with van der Waals surface area (Å²) in [5.41, 5.74) is 2.00. The average Bonchev–Trinajstić information content (AvgIpc) is 2.94. The average molecular weight is 268 g/mol. The second-order valence-corrected chi connectivity index (χ2v) is 4.81. The predicted octanol–water partition coefficient (Wildman–Crippen LogP) is 1.95. The minimum atomic E-state index is 0.330. The van der Waals surface area contributed by atoms with Crippen LogP contribution in [0.4, 0.5) is 5.82 Å². The Kier molecular flexibility index (Phi) is 3.54. The van der Waals surface area contributed by atoms with Crippen molar-refractivity contribution in [1.82, 2.24) is 25.3 Å². The standard InChI is InChI=1S/C14H16N6/c1-11(7-8-12-5-3-2-4-6-12)15-13-9-10-14-16-18-19-20(14)17-13/h2-6,9-11H,7-8H2,1H3,(H,15,17)/t11-/m1/s1. The number of hydrogen-bond donors (Lipinski definition) is 1. The largest absolute Gasteiger partial charge is 0.366 e. The first-order chi connectivity index (χ1) is 9.81. The van der Waals surface area contributed by atoms with Gasteiger partial charge in [-0.3, -0.25) is 0 Å². The maximum atomic E-state index is 4.30. The SMILES string of the molecule is C[C@H](CCc1ccccc1)Nc1ccc2nnnn2n1. The lowest BCUT2D eigenvalue weighted by Gasteiger charge is -2.14. The summed E-state index contributed by atoms with van der Waals surface area (Å²) in [7, 11) is 0.